The van der Waals surface area contributed by atoms with Crippen molar-refractivity contribution in [1.29, 1.82) is 0 Å². The number of carboxylic acids is 2. The van der Waals surface area contributed by atoms with E-state index in [1.165, 1.54) is 38.5 Å². The summed E-state index contributed by atoms with van der Waals surface area (Å²) in [5, 5.41) is 54.9. The fourth-order valence-electron chi connectivity index (χ4n) is 3.71. The van der Waals surface area contributed by atoms with E-state index >= 15 is 0 Å². The molecule has 0 spiro atoms. The number of aliphatic carboxylic acids is 2. The third kappa shape index (κ3) is 7.76. The maximum atomic E-state index is 10.1. The molecule has 0 aromatic carbocycles. The van der Waals surface area contributed by atoms with Crippen LogP contribution in [0.25, 0.3) is 5.57 Å². The van der Waals surface area contributed by atoms with Crippen molar-refractivity contribution in [1.82, 2.24) is 10.3 Å². The van der Waals surface area contributed by atoms with Gasteiger partial charge in [0, 0.05) is 17.8 Å². The third-order valence-electron chi connectivity index (χ3n) is 5.67. The molecule has 2 aliphatic rings. The highest BCUT2D eigenvalue weighted by molar-refractivity contribution is 5.75. The molecule has 1 aromatic rings. The zero-order valence-corrected chi connectivity index (χ0v) is 18.2. The van der Waals surface area contributed by atoms with Gasteiger partial charge in [-0.05, 0) is 56.7 Å². The average Bonchev–Trinajstić information content (AvgIpc) is 3.51. The van der Waals surface area contributed by atoms with Gasteiger partial charge in [-0.25, -0.2) is 9.59 Å². The van der Waals surface area contributed by atoms with E-state index in [9.17, 15) is 9.59 Å². The molecule has 2 heterocycles. The van der Waals surface area contributed by atoms with Gasteiger partial charge < -0.3 is 40.7 Å². The Morgan fingerprint density at radius 1 is 0.970 bits per heavy atom. The molecular weight excluding hydrogens is 436 g/mol. The Labute approximate surface area is 191 Å². The van der Waals surface area contributed by atoms with E-state index in [4.69, 9.17) is 35.4 Å². The van der Waals surface area contributed by atoms with Gasteiger partial charge in [-0.3, -0.25) is 4.98 Å². The fourth-order valence-corrected chi connectivity index (χ4v) is 3.71. The van der Waals surface area contributed by atoms with E-state index in [0.29, 0.717) is 12.1 Å². The first kappa shape index (κ1) is 26.7. The van der Waals surface area contributed by atoms with Crippen molar-refractivity contribution >= 4 is 17.5 Å². The van der Waals surface area contributed by atoms with Gasteiger partial charge >= 0.3 is 11.9 Å². The summed E-state index contributed by atoms with van der Waals surface area (Å²) in [7, 11) is 0. The summed E-state index contributed by atoms with van der Waals surface area (Å²) >= 11 is 0. The molecule has 2 fully saturated rings. The zero-order chi connectivity index (χ0) is 24.5. The van der Waals surface area contributed by atoms with Gasteiger partial charge in [-0.15, -0.1) is 0 Å². The van der Waals surface area contributed by atoms with E-state index in [0.717, 1.165) is 23.4 Å². The highest BCUT2D eigenvalue weighted by atomic mass is 16.5. The molecule has 1 aromatic heterocycles. The van der Waals surface area contributed by atoms with Crippen LogP contribution in [-0.4, -0.2) is 90.7 Å². The van der Waals surface area contributed by atoms with E-state index in [2.05, 4.69) is 22.9 Å². The molecule has 33 heavy (non-hydrogen) atoms. The van der Waals surface area contributed by atoms with Crippen LogP contribution in [0.1, 0.15) is 44.1 Å². The molecule has 5 atom stereocenters. The lowest BCUT2D eigenvalue weighted by molar-refractivity contribution is -0.172. The van der Waals surface area contributed by atoms with Crippen molar-refractivity contribution in [3.05, 3.63) is 30.6 Å². The Balaban J connectivity index is 0.000000248. The summed E-state index contributed by atoms with van der Waals surface area (Å²) in [5.74, 6) is -2.79. The second-order valence-electron chi connectivity index (χ2n) is 8.16. The van der Waals surface area contributed by atoms with Crippen molar-refractivity contribution in [3.8, 4) is 5.75 Å². The molecule has 0 bridgehead atoms. The molecule has 11 heteroatoms. The number of pyridine rings is 1. The number of ether oxygens (including phenoxy) is 1. The number of carbonyl (C=O) groups is 2. The quantitative estimate of drug-likeness (QED) is 0.253. The topological polar surface area (TPSA) is 190 Å². The predicted molar refractivity (Wildman–Crippen MR) is 116 cm³/mol. The summed E-state index contributed by atoms with van der Waals surface area (Å²) in [6.45, 7) is 5.31. The second-order valence-corrected chi connectivity index (χ2v) is 8.16. The minimum absolute atomic E-state index is 0.384. The second kappa shape index (κ2) is 12.6. The van der Waals surface area contributed by atoms with Gasteiger partial charge in [0.15, 0.2) is 12.2 Å². The largest absolute Gasteiger partial charge is 0.489 e. The maximum absolute atomic E-state index is 10.1. The number of hydrogen-bond acceptors (Lipinski definition) is 9. The zero-order valence-electron chi connectivity index (χ0n) is 18.2. The number of nitrogens with one attached hydrogen (secondary N) is 1. The summed E-state index contributed by atoms with van der Waals surface area (Å²) in [6.07, 6.45) is 2.14. The molecule has 11 nitrogen and oxygen atoms in total. The number of rotatable bonds is 9. The molecule has 7 N–H and O–H groups in total. The summed E-state index contributed by atoms with van der Waals surface area (Å²) < 4.78 is 6.00. The Morgan fingerprint density at radius 2 is 1.55 bits per heavy atom. The number of aromatic nitrogens is 1. The first-order chi connectivity index (χ1) is 15.6. The van der Waals surface area contributed by atoms with Crippen LogP contribution in [-0.2, 0) is 9.59 Å². The van der Waals surface area contributed by atoms with Crippen LogP contribution in [0.15, 0.2) is 25.0 Å². The Kier molecular flexibility index (Phi) is 10.2. The lowest BCUT2D eigenvalue weighted by Crippen LogP contribution is -2.49. The van der Waals surface area contributed by atoms with Crippen LogP contribution in [0, 0.1) is 0 Å². The van der Waals surface area contributed by atoms with Gasteiger partial charge in [0.05, 0.1) is 12.3 Å². The molecular formula is C22H32N2O9. The van der Waals surface area contributed by atoms with Crippen molar-refractivity contribution in [2.24, 2.45) is 0 Å². The normalized spacial score (nSPS) is 21.9. The van der Waals surface area contributed by atoms with Gasteiger partial charge in [-0.2, -0.15) is 0 Å². The Bertz CT molecular complexity index is 783. The summed E-state index contributed by atoms with van der Waals surface area (Å²) in [6, 6.07) is 2.50. The fraction of sp³-hybridized carbons (Fsp3) is 0.591. The van der Waals surface area contributed by atoms with Gasteiger partial charge in [0.2, 0.25) is 0 Å². The van der Waals surface area contributed by atoms with Gasteiger partial charge in [0.1, 0.15) is 18.0 Å². The molecule has 1 saturated heterocycles. The van der Waals surface area contributed by atoms with Crippen molar-refractivity contribution in [3.63, 3.8) is 0 Å². The summed E-state index contributed by atoms with van der Waals surface area (Å²) in [5.41, 5.74) is 2.25. The van der Waals surface area contributed by atoms with Crippen LogP contribution < -0.4 is 10.1 Å². The monoisotopic (exact) mass is 468 g/mol. The summed E-state index contributed by atoms with van der Waals surface area (Å²) in [4.78, 5) is 24.5. The van der Waals surface area contributed by atoms with Gasteiger partial charge in [-0.1, -0.05) is 6.58 Å². The standard InChI is InChI=1S/C16H22N2O.C6H10O8/c1-12(16-7-4-8-18-16)13-9-15(11-17-10-13)19-14-5-2-3-6-14;7-1(3(9)5(11)12)2(8)4(10)6(13)14/h9-11,14,16,18H,1-8H2;1-4,7-10H,(H,11,12)(H,13,14)/t;1-,2+,3+,4-. The average molecular weight is 469 g/mol. The molecule has 1 aliphatic heterocycles. The highest BCUT2D eigenvalue weighted by Crippen LogP contribution is 2.27. The Morgan fingerprint density at radius 3 is 2.03 bits per heavy atom. The lowest BCUT2D eigenvalue weighted by Gasteiger charge is -2.21. The molecule has 0 radical (unpaired) electrons. The smallest absolute Gasteiger partial charge is 0.335 e. The van der Waals surface area contributed by atoms with Crippen molar-refractivity contribution in [2.75, 3.05) is 6.54 Å². The van der Waals surface area contributed by atoms with Crippen molar-refractivity contribution < 1.29 is 45.0 Å². The number of aliphatic hydroxyl groups is 4. The molecule has 3 rings (SSSR count). The first-order valence-corrected chi connectivity index (χ1v) is 10.8. The van der Waals surface area contributed by atoms with Crippen LogP contribution in [0.2, 0.25) is 0 Å². The van der Waals surface area contributed by atoms with Crippen LogP contribution in [0.3, 0.4) is 0 Å². The number of aliphatic hydroxyl groups excluding tert-OH is 4. The number of hydrogen-bond donors (Lipinski definition) is 7. The molecule has 184 valence electrons. The van der Waals surface area contributed by atoms with Crippen LogP contribution in [0.4, 0.5) is 0 Å². The first-order valence-electron chi connectivity index (χ1n) is 10.8. The minimum Gasteiger partial charge on any atom is -0.489 e. The molecule has 1 aliphatic carbocycles. The van der Waals surface area contributed by atoms with E-state index in [1.54, 1.807) is 0 Å². The number of carboxylic acid groups (broad SMARTS) is 2. The minimum atomic E-state index is -2.36. The lowest BCUT2D eigenvalue weighted by atomic mass is 10.0. The molecule has 0 amide bonds. The highest BCUT2D eigenvalue weighted by Gasteiger charge is 2.37. The van der Waals surface area contributed by atoms with E-state index < -0.39 is 36.4 Å². The van der Waals surface area contributed by atoms with Gasteiger partial charge in [0.25, 0.3) is 0 Å². The van der Waals surface area contributed by atoms with Crippen molar-refractivity contribution in [2.45, 2.75) is 75.1 Å². The molecule has 1 saturated carbocycles. The van der Waals surface area contributed by atoms with E-state index in [1.807, 2.05) is 12.4 Å². The third-order valence-corrected chi connectivity index (χ3v) is 5.67. The van der Waals surface area contributed by atoms with Crippen LogP contribution in [0.5, 0.6) is 5.75 Å². The van der Waals surface area contributed by atoms with E-state index in [-0.39, 0.29) is 0 Å². The predicted octanol–water partition coefficient (Wildman–Crippen LogP) is -0.233. The SMILES string of the molecule is C=C(c1cncc(OC2CCCC2)c1)C1CCCN1.O=C(O)[C@@H](O)[C@H](O)[C@H](O)[C@@H](O)C(=O)O. The maximum Gasteiger partial charge on any atom is 0.335 e. The molecule has 1 unspecified atom stereocenters. The van der Waals surface area contributed by atoms with Crippen LogP contribution >= 0.6 is 0 Å². The Hall–Kier alpha value is -2.57. The number of nitrogens with zero attached hydrogens (tertiary/aromatic N) is 1.